The van der Waals surface area contributed by atoms with Crippen LogP contribution in [0, 0.1) is 6.92 Å². The van der Waals surface area contributed by atoms with Gasteiger partial charge in [0.05, 0.1) is 6.10 Å². The molecule has 1 unspecified atom stereocenters. The molecule has 0 amide bonds. The van der Waals surface area contributed by atoms with Gasteiger partial charge < -0.3 is 4.74 Å². The van der Waals surface area contributed by atoms with Gasteiger partial charge in [0.25, 0.3) is 0 Å². The molecular formula is C11H17NO3S2. The lowest BCUT2D eigenvalue weighted by molar-refractivity contribution is 0.105. The Hall–Kier alpha value is -0.430. The van der Waals surface area contributed by atoms with Crippen LogP contribution in [0.3, 0.4) is 0 Å². The van der Waals surface area contributed by atoms with E-state index in [4.69, 9.17) is 4.74 Å². The molecule has 96 valence electrons. The molecule has 2 rings (SSSR count). The first-order chi connectivity index (χ1) is 8.08. The number of aryl methyl sites for hydroxylation is 1. The summed E-state index contributed by atoms with van der Waals surface area (Å²) >= 11 is 1.30. The predicted octanol–water partition coefficient (Wildman–Crippen LogP) is 1.90. The maximum atomic E-state index is 11.9. The fourth-order valence-corrected chi connectivity index (χ4v) is 4.23. The second-order valence-electron chi connectivity index (χ2n) is 4.19. The van der Waals surface area contributed by atoms with Gasteiger partial charge in [0.1, 0.15) is 4.21 Å². The third-order valence-corrected chi connectivity index (χ3v) is 5.72. The minimum absolute atomic E-state index is 0.225. The summed E-state index contributed by atoms with van der Waals surface area (Å²) in [6, 6.07) is 3.47. The van der Waals surface area contributed by atoms with E-state index >= 15 is 0 Å². The third-order valence-electron chi connectivity index (χ3n) is 2.76. The first kappa shape index (κ1) is 13.0. The smallest absolute Gasteiger partial charge is 0.250 e. The first-order valence-electron chi connectivity index (χ1n) is 5.75. The standard InChI is InChI=1S/C11H17NO3S2/c1-9-4-5-11(16-9)17(13,14)12-7-6-10-3-2-8-15-10/h4-5,10,12H,2-3,6-8H2,1H3. The molecule has 1 saturated heterocycles. The van der Waals surface area contributed by atoms with Gasteiger partial charge in [-0.25, -0.2) is 13.1 Å². The van der Waals surface area contributed by atoms with Gasteiger partial charge in [-0.1, -0.05) is 0 Å². The lowest BCUT2D eigenvalue weighted by Gasteiger charge is -2.09. The molecule has 1 aliphatic heterocycles. The van der Waals surface area contributed by atoms with E-state index in [1.807, 2.05) is 13.0 Å². The summed E-state index contributed by atoms with van der Waals surface area (Å²) in [5.74, 6) is 0. The highest BCUT2D eigenvalue weighted by Crippen LogP contribution is 2.20. The summed E-state index contributed by atoms with van der Waals surface area (Å²) in [4.78, 5) is 1.00. The lowest BCUT2D eigenvalue weighted by atomic mass is 10.2. The van der Waals surface area contributed by atoms with Crippen LogP contribution in [0.1, 0.15) is 24.1 Å². The van der Waals surface area contributed by atoms with Crippen LogP contribution in [0.2, 0.25) is 0 Å². The maximum absolute atomic E-state index is 11.9. The van der Waals surface area contributed by atoms with E-state index < -0.39 is 10.0 Å². The topological polar surface area (TPSA) is 55.4 Å². The average molecular weight is 275 g/mol. The third kappa shape index (κ3) is 3.51. The highest BCUT2D eigenvalue weighted by atomic mass is 32.2. The Kier molecular flexibility index (Phi) is 4.19. The fourth-order valence-electron chi connectivity index (χ4n) is 1.85. The zero-order valence-electron chi connectivity index (χ0n) is 9.81. The largest absolute Gasteiger partial charge is 0.378 e. The lowest BCUT2D eigenvalue weighted by Crippen LogP contribution is -2.26. The highest BCUT2D eigenvalue weighted by molar-refractivity contribution is 7.91. The monoisotopic (exact) mass is 275 g/mol. The Morgan fingerprint density at radius 3 is 2.94 bits per heavy atom. The van der Waals surface area contributed by atoms with Crippen molar-refractivity contribution < 1.29 is 13.2 Å². The molecule has 17 heavy (non-hydrogen) atoms. The van der Waals surface area contributed by atoms with Crippen LogP contribution >= 0.6 is 11.3 Å². The van der Waals surface area contributed by atoms with E-state index in [9.17, 15) is 8.42 Å². The molecule has 4 nitrogen and oxygen atoms in total. The van der Waals surface area contributed by atoms with Crippen LogP contribution in [-0.4, -0.2) is 27.7 Å². The molecule has 1 aromatic rings. The van der Waals surface area contributed by atoms with E-state index in [2.05, 4.69) is 4.72 Å². The Balaban J connectivity index is 1.85. The molecule has 1 fully saturated rings. The van der Waals surface area contributed by atoms with Crippen molar-refractivity contribution in [3.63, 3.8) is 0 Å². The van der Waals surface area contributed by atoms with Crippen molar-refractivity contribution in [2.45, 2.75) is 36.5 Å². The minimum atomic E-state index is -3.32. The number of thiophene rings is 1. The van der Waals surface area contributed by atoms with Crippen molar-refractivity contribution in [3.05, 3.63) is 17.0 Å². The molecule has 0 radical (unpaired) electrons. The van der Waals surface area contributed by atoms with Crippen molar-refractivity contribution in [1.29, 1.82) is 0 Å². The van der Waals surface area contributed by atoms with Gasteiger partial charge in [-0.2, -0.15) is 0 Å². The number of nitrogens with one attached hydrogen (secondary N) is 1. The summed E-state index contributed by atoms with van der Waals surface area (Å²) in [7, 11) is -3.32. The van der Waals surface area contributed by atoms with Crippen molar-refractivity contribution in [2.75, 3.05) is 13.2 Å². The van der Waals surface area contributed by atoms with Crippen LogP contribution in [-0.2, 0) is 14.8 Å². The van der Waals surface area contributed by atoms with Crippen molar-refractivity contribution >= 4 is 21.4 Å². The molecule has 0 aliphatic carbocycles. The number of hydrogen-bond acceptors (Lipinski definition) is 4. The van der Waals surface area contributed by atoms with Gasteiger partial charge >= 0.3 is 0 Å². The van der Waals surface area contributed by atoms with E-state index in [1.165, 1.54) is 11.3 Å². The van der Waals surface area contributed by atoms with Gasteiger partial charge in [-0.15, -0.1) is 11.3 Å². The van der Waals surface area contributed by atoms with Crippen molar-refractivity contribution in [2.24, 2.45) is 0 Å². The van der Waals surface area contributed by atoms with Crippen LogP contribution in [0.5, 0.6) is 0 Å². The van der Waals surface area contributed by atoms with E-state index in [-0.39, 0.29) is 6.10 Å². The number of hydrogen-bond donors (Lipinski definition) is 1. The Bertz CT molecular complexity index is 461. The Labute approximate surface area is 106 Å². The van der Waals surface area contributed by atoms with Crippen LogP contribution < -0.4 is 4.72 Å². The SMILES string of the molecule is Cc1ccc(S(=O)(=O)NCCC2CCCO2)s1. The van der Waals surface area contributed by atoms with Crippen molar-refractivity contribution in [1.82, 2.24) is 4.72 Å². The maximum Gasteiger partial charge on any atom is 0.250 e. The second-order valence-corrected chi connectivity index (χ2v) is 7.47. The van der Waals surface area contributed by atoms with Gasteiger partial charge in [-0.05, 0) is 38.3 Å². The van der Waals surface area contributed by atoms with Gasteiger partial charge in [0.2, 0.25) is 10.0 Å². The van der Waals surface area contributed by atoms with Gasteiger partial charge in [-0.3, -0.25) is 0 Å². The molecule has 2 heterocycles. The molecule has 0 bridgehead atoms. The van der Waals surface area contributed by atoms with E-state index in [1.54, 1.807) is 6.07 Å². The Morgan fingerprint density at radius 2 is 2.35 bits per heavy atom. The highest BCUT2D eigenvalue weighted by Gasteiger charge is 2.18. The number of sulfonamides is 1. The molecule has 1 aromatic heterocycles. The van der Waals surface area contributed by atoms with E-state index in [0.29, 0.717) is 10.8 Å². The molecule has 6 heteroatoms. The van der Waals surface area contributed by atoms with Crippen LogP contribution in [0.25, 0.3) is 0 Å². The summed E-state index contributed by atoms with van der Waals surface area (Å²) < 4.78 is 32.2. The van der Waals surface area contributed by atoms with Gasteiger partial charge in [0, 0.05) is 18.0 Å². The summed E-state index contributed by atoms with van der Waals surface area (Å²) in [6.07, 6.45) is 3.10. The molecule has 0 aromatic carbocycles. The predicted molar refractivity (Wildman–Crippen MR) is 67.8 cm³/mol. The Morgan fingerprint density at radius 1 is 1.53 bits per heavy atom. The average Bonchev–Trinajstić information content (AvgIpc) is 2.89. The number of ether oxygens (including phenoxy) is 1. The normalized spacial score (nSPS) is 20.9. The van der Waals surface area contributed by atoms with Crippen LogP contribution in [0.4, 0.5) is 0 Å². The molecule has 0 saturated carbocycles. The zero-order valence-corrected chi connectivity index (χ0v) is 11.4. The molecular weight excluding hydrogens is 258 g/mol. The fraction of sp³-hybridized carbons (Fsp3) is 0.636. The van der Waals surface area contributed by atoms with Crippen LogP contribution in [0.15, 0.2) is 16.3 Å². The molecule has 0 spiro atoms. The number of rotatable bonds is 5. The quantitative estimate of drug-likeness (QED) is 0.893. The van der Waals surface area contributed by atoms with Gasteiger partial charge in [0.15, 0.2) is 0 Å². The summed E-state index contributed by atoms with van der Waals surface area (Å²) in [5.41, 5.74) is 0. The zero-order chi connectivity index (χ0) is 12.3. The molecule has 1 aliphatic rings. The minimum Gasteiger partial charge on any atom is -0.378 e. The molecule has 1 N–H and O–H groups in total. The second kappa shape index (κ2) is 5.48. The first-order valence-corrected chi connectivity index (χ1v) is 8.05. The molecule has 1 atom stereocenters. The summed E-state index contributed by atoms with van der Waals surface area (Å²) in [5, 5.41) is 0. The van der Waals surface area contributed by atoms with E-state index in [0.717, 1.165) is 30.7 Å². The van der Waals surface area contributed by atoms with Crippen molar-refractivity contribution in [3.8, 4) is 0 Å². The summed E-state index contributed by atoms with van der Waals surface area (Å²) in [6.45, 7) is 3.15.